The Morgan fingerprint density at radius 2 is 2.14 bits per heavy atom. The molecule has 2 amide bonds. The molecule has 1 rings (SSSR count). The van der Waals surface area contributed by atoms with Crippen molar-refractivity contribution in [2.45, 2.75) is 31.8 Å². The zero-order valence-corrected chi connectivity index (χ0v) is 9.35. The van der Waals surface area contributed by atoms with Crippen LogP contribution >= 0.6 is 15.9 Å². The fourth-order valence-corrected chi connectivity index (χ4v) is 1.08. The molecule has 5 heteroatoms. The molecular formula is C9H11BrN2O2. The number of rotatable bonds is 3. The summed E-state index contributed by atoms with van der Waals surface area (Å²) in [5.41, 5.74) is 0. The Morgan fingerprint density at radius 1 is 1.50 bits per heavy atom. The average molecular weight is 259 g/mol. The van der Waals surface area contributed by atoms with Crippen LogP contribution in [0.3, 0.4) is 0 Å². The van der Waals surface area contributed by atoms with Gasteiger partial charge in [0.15, 0.2) is 0 Å². The summed E-state index contributed by atoms with van der Waals surface area (Å²) in [6.07, 6.45) is 2.07. The molecule has 2 N–H and O–H groups in total. The zero-order chi connectivity index (χ0) is 10.6. The van der Waals surface area contributed by atoms with Crippen molar-refractivity contribution in [1.82, 2.24) is 10.6 Å². The highest BCUT2D eigenvalue weighted by atomic mass is 79.9. The van der Waals surface area contributed by atoms with Gasteiger partial charge in [-0.1, -0.05) is 0 Å². The molecule has 1 saturated carbocycles. The quantitative estimate of drug-likeness (QED) is 0.707. The Balaban J connectivity index is 2.30. The number of nitrogens with one attached hydrogen (secondary N) is 2. The fourth-order valence-electron chi connectivity index (χ4n) is 0.895. The second kappa shape index (κ2) is 5.01. The van der Waals surface area contributed by atoms with Crippen LogP contribution < -0.4 is 10.6 Å². The molecule has 0 aromatic rings. The van der Waals surface area contributed by atoms with Gasteiger partial charge in [0.1, 0.15) is 6.04 Å². The molecule has 0 radical (unpaired) electrons. The molecule has 1 atom stereocenters. The third-order valence-electron chi connectivity index (χ3n) is 1.83. The van der Waals surface area contributed by atoms with E-state index in [1.165, 1.54) is 0 Å². The topological polar surface area (TPSA) is 58.2 Å². The first kappa shape index (κ1) is 11.1. The van der Waals surface area contributed by atoms with E-state index in [1.54, 1.807) is 6.92 Å². The van der Waals surface area contributed by atoms with E-state index in [9.17, 15) is 9.59 Å². The van der Waals surface area contributed by atoms with Crippen LogP contribution in [0, 0.1) is 10.8 Å². The van der Waals surface area contributed by atoms with Crippen molar-refractivity contribution in [2.75, 3.05) is 0 Å². The lowest BCUT2D eigenvalue weighted by Gasteiger charge is -2.11. The van der Waals surface area contributed by atoms with Gasteiger partial charge in [0.25, 0.3) is 5.91 Å². The van der Waals surface area contributed by atoms with E-state index in [-0.39, 0.29) is 5.91 Å². The van der Waals surface area contributed by atoms with Gasteiger partial charge in [-0.15, -0.1) is 0 Å². The van der Waals surface area contributed by atoms with Crippen LogP contribution in [-0.4, -0.2) is 23.9 Å². The summed E-state index contributed by atoms with van der Waals surface area (Å²) < 4.78 is 0. The third-order valence-corrected chi connectivity index (χ3v) is 2.02. The number of carbonyl (C=O) groups excluding carboxylic acids is 2. The molecule has 0 aromatic heterocycles. The highest BCUT2D eigenvalue weighted by Crippen LogP contribution is 2.18. The summed E-state index contributed by atoms with van der Waals surface area (Å²) >= 11 is 2.80. The summed E-state index contributed by atoms with van der Waals surface area (Å²) in [5.74, 6) is 1.62. The van der Waals surface area contributed by atoms with E-state index in [0.29, 0.717) is 6.04 Å². The lowest BCUT2D eigenvalue weighted by Crippen LogP contribution is -2.45. The van der Waals surface area contributed by atoms with Crippen LogP contribution in [0.2, 0.25) is 0 Å². The first-order valence-corrected chi connectivity index (χ1v) is 5.15. The minimum absolute atomic E-state index is 0.155. The van der Waals surface area contributed by atoms with Crippen LogP contribution in [0.5, 0.6) is 0 Å². The van der Waals surface area contributed by atoms with E-state index in [0.717, 1.165) is 12.8 Å². The van der Waals surface area contributed by atoms with E-state index in [4.69, 9.17) is 0 Å². The number of carbonyl (C=O) groups is 2. The molecule has 1 unspecified atom stereocenters. The molecular weight excluding hydrogens is 248 g/mol. The van der Waals surface area contributed by atoms with Gasteiger partial charge in [-0.25, -0.2) is 0 Å². The normalized spacial score (nSPS) is 16.1. The zero-order valence-electron chi connectivity index (χ0n) is 7.76. The molecule has 1 aliphatic carbocycles. The van der Waals surface area contributed by atoms with E-state index >= 15 is 0 Å². The molecule has 0 saturated heterocycles. The van der Waals surface area contributed by atoms with Gasteiger partial charge in [-0.2, -0.15) is 0 Å². The van der Waals surface area contributed by atoms with Crippen molar-refractivity contribution in [3.05, 3.63) is 0 Å². The molecule has 14 heavy (non-hydrogen) atoms. The second-order valence-electron chi connectivity index (χ2n) is 3.20. The predicted molar refractivity (Wildman–Crippen MR) is 55.5 cm³/mol. The monoisotopic (exact) mass is 258 g/mol. The molecule has 4 nitrogen and oxygen atoms in total. The maximum atomic E-state index is 11.3. The maximum absolute atomic E-state index is 11.3. The molecule has 0 spiro atoms. The van der Waals surface area contributed by atoms with Crippen LogP contribution in [0.15, 0.2) is 0 Å². The molecule has 0 aliphatic heterocycles. The fraction of sp³-hybridized carbons (Fsp3) is 0.556. The van der Waals surface area contributed by atoms with Gasteiger partial charge in [-0.3, -0.25) is 9.59 Å². The lowest BCUT2D eigenvalue weighted by atomic mass is 10.3. The number of hydrogen-bond donors (Lipinski definition) is 2. The van der Waals surface area contributed by atoms with Crippen molar-refractivity contribution < 1.29 is 9.59 Å². The Bertz CT molecular complexity index is 302. The second-order valence-corrected chi connectivity index (χ2v) is 3.59. The predicted octanol–water partition coefficient (Wildman–Crippen LogP) is 0.126. The van der Waals surface area contributed by atoms with Crippen LogP contribution in [0.25, 0.3) is 0 Å². The maximum Gasteiger partial charge on any atom is 0.297 e. The van der Waals surface area contributed by atoms with Crippen molar-refractivity contribution in [1.29, 1.82) is 0 Å². The van der Waals surface area contributed by atoms with Crippen molar-refractivity contribution in [2.24, 2.45) is 0 Å². The number of halogens is 1. The first-order valence-electron chi connectivity index (χ1n) is 4.36. The Labute approximate surface area is 90.9 Å². The SMILES string of the molecule is CC(NC(=O)C#CBr)C(=O)NC1CC1. The number of amides is 2. The summed E-state index contributed by atoms with van der Waals surface area (Å²) in [4.78, 5) is 24.6. The van der Waals surface area contributed by atoms with Crippen molar-refractivity contribution in [3.8, 4) is 10.8 Å². The number of hydrogen-bond acceptors (Lipinski definition) is 2. The minimum Gasteiger partial charge on any atom is -0.352 e. The Kier molecular flexibility index (Phi) is 3.96. The van der Waals surface area contributed by atoms with Gasteiger partial charge >= 0.3 is 0 Å². The van der Waals surface area contributed by atoms with Crippen molar-refractivity contribution >= 4 is 27.7 Å². The summed E-state index contributed by atoms with van der Waals surface area (Å²) in [6.45, 7) is 1.63. The van der Waals surface area contributed by atoms with Gasteiger partial charge in [-0.05, 0) is 24.6 Å². The van der Waals surface area contributed by atoms with Gasteiger partial charge in [0, 0.05) is 27.9 Å². The molecule has 76 valence electrons. The third kappa shape index (κ3) is 3.79. The summed E-state index contributed by atoms with van der Waals surface area (Å²) in [7, 11) is 0. The smallest absolute Gasteiger partial charge is 0.297 e. The minimum atomic E-state index is -0.531. The van der Waals surface area contributed by atoms with E-state index in [1.807, 2.05) is 0 Å². The highest BCUT2D eigenvalue weighted by Gasteiger charge is 2.25. The van der Waals surface area contributed by atoms with Crippen LogP contribution in [0.4, 0.5) is 0 Å². The lowest BCUT2D eigenvalue weighted by molar-refractivity contribution is -0.126. The van der Waals surface area contributed by atoms with Gasteiger partial charge in [0.05, 0.1) is 0 Å². The largest absolute Gasteiger partial charge is 0.352 e. The average Bonchev–Trinajstić information content (AvgIpc) is 2.88. The van der Waals surface area contributed by atoms with Crippen LogP contribution in [0.1, 0.15) is 19.8 Å². The molecule has 0 aromatic carbocycles. The Hall–Kier alpha value is -1.02. The Morgan fingerprint density at radius 3 is 2.64 bits per heavy atom. The van der Waals surface area contributed by atoms with E-state index in [2.05, 4.69) is 37.3 Å². The summed E-state index contributed by atoms with van der Waals surface area (Å²) in [5, 5.41) is 5.25. The summed E-state index contributed by atoms with van der Waals surface area (Å²) in [6, 6.07) is -0.222. The molecule has 0 heterocycles. The first-order chi connectivity index (χ1) is 6.63. The van der Waals surface area contributed by atoms with Crippen molar-refractivity contribution in [3.63, 3.8) is 0 Å². The van der Waals surface area contributed by atoms with E-state index < -0.39 is 11.9 Å². The molecule has 1 aliphatic rings. The standard InChI is InChI=1S/C9H11BrN2O2/c1-6(11-8(13)4-5-10)9(14)12-7-2-3-7/h6-7H,2-3H2,1H3,(H,11,13)(H,12,14). The van der Waals surface area contributed by atoms with Gasteiger partial charge in [0.2, 0.25) is 5.91 Å². The highest BCUT2D eigenvalue weighted by molar-refractivity contribution is 9.12. The molecule has 1 fully saturated rings. The van der Waals surface area contributed by atoms with Crippen LogP contribution in [-0.2, 0) is 9.59 Å². The van der Waals surface area contributed by atoms with Gasteiger partial charge < -0.3 is 10.6 Å². The molecule has 0 bridgehead atoms.